The molecule has 0 N–H and O–H groups in total. The summed E-state index contributed by atoms with van der Waals surface area (Å²) in [5.74, 6) is 0.934. The van der Waals surface area contributed by atoms with E-state index < -0.39 is 0 Å². The molecule has 19 heavy (non-hydrogen) atoms. The molecule has 102 valence electrons. The minimum Gasteiger partial charge on any atom is -0.361 e. The van der Waals surface area contributed by atoms with Crippen LogP contribution in [-0.2, 0) is 13.1 Å². The van der Waals surface area contributed by atoms with Gasteiger partial charge < -0.3 is 4.52 Å². The van der Waals surface area contributed by atoms with Crippen LogP contribution in [0.3, 0.4) is 0 Å². The standard InChI is InChI=1S/C13H19N5O/c1-10-13(11(2)19-16-10)7-17-5-3-4-12(17)6-18-9-14-8-15-18/h8-9,12H,3-7H2,1-2H3/t12-/m1/s1. The zero-order valence-corrected chi connectivity index (χ0v) is 11.4. The predicted octanol–water partition coefficient (Wildman–Crippen LogP) is 1.55. The lowest BCUT2D eigenvalue weighted by Gasteiger charge is -2.24. The third-order valence-corrected chi connectivity index (χ3v) is 3.91. The molecule has 0 aromatic carbocycles. The van der Waals surface area contributed by atoms with Gasteiger partial charge in [0, 0.05) is 18.2 Å². The summed E-state index contributed by atoms with van der Waals surface area (Å²) in [6, 6.07) is 0.524. The highest BCUT2D eigenvalue weighted by molar-refractivity contribution is 5.20. The number of nitrogens with zero attached hydrogens (tertiary/aromatic N) is 5. The second-order valence-electron chi connectivity index (χ2n) is 5.19. The van der Waals surface area contributed by atoms with Crippen molar-refractivity contribution >= 4 is 0 Å². The van der Waals surface area contributed by atoms with Crippen LogP contribution in [0.15, 0.2) is 17.2 Å². The highest BCUT2D eigenvalue weighted by Crippen LogP contribution is 2.23. The second kappa shape index (κ2) is 5.13. The van der Waals surface area contributed by atoms with Crippen molar-refractivity contribution in [2.24, 2.45) is 0 Å². The van der Waals surface area contributed by atoms with E-state index in [1.807, 2.05) is 18.5 Å². The van der Waals surface area contributed by atoms with Crippen LogP contribution >= 0.6 is 0 Å². The van der Waals surface area contributed by atoms with Crippen molar-refractivity contribution in [1.29, 1.82) is 0 Å². The largest absolute Gasteiger partial charge is 0.361 e. The molecule has 0 saturated carbocycles. The van der Waals surface area contributed by atoms with Gasteiger partial charge in [-0.15, -0.1) is 0 Å². The van der Waals surface area contributed by atoms with Crippen molar-refractivity contribution in [1.82, 2.24) is 24.8 Å². The van der Waals surface area contributed by atoms with Gasteiger partial charge >= 0.3 is 0 Å². The highest BCUT2D eigenvalue weighted by Gasteiger charge is 2.26. The first-order valence-electron chi connectivity index (χ1n) is 6.72. The average Bonchev–Trinajstić information content (AvgIpc) is 3.10. The SMILES string of the molecule is Cc1noc(C)c1CN1CCC[C@@H]1Cn1cncn1. The molecule has 1 aliphatic heterocycles. The van der Waals surface area contributed by atoms with Crippen LogP contribution in [0.4, 0.5) is 0 Å². The first kappa shape index (κ1) is 12.3. The van der Waals surface area contributed by atoms with E-state index >= 15 is 0 Å². The number of aromatic nitrogens is 4. The average molecular weight is 261 g/mol. The maximum absolute atomic E-state index is 5.24. The Hall–Kier alpha value is -1.69. The maximum Gasteiger partial charge on any atom is 0.138 e. The molecule has 2 aromatic rings. The molecule has 0 amide bonds. The quantitative estimate of drug-likeness (QED) is 0.835. The van der Waals surface area contributed by atoms with Crippen LogP contribution in [0.25, 0.3) is 0 Å². The smallest absolute Gasteiger partial charge is 0.138 e. The summed E-state index contributed by atoms with van der Waals surface area (Å²) in [5.41, 5.74) is 2.23. The highest BCUT2D eigenvalue weighted by atomic mass is 16.5. The van der Waals surface area contributed by atoms with Gasteiger partial charge in [0.25, 0.3) is 0 Å². The van der Waals surface area contributed by atoms with Gasteiger partial charge in [-0.1, -0.05) is 5.16 Å². The Bertz CT molecular complexity index is 514. The molecule has 0 bridgehead atoms. The summed E-state index contributed by atoms with van der Waals surface area (Å²) in [6.07, 6.45) is 5.83. The summed E-state index contributed by atoms with van der Waals surface area (Å²) in [5, 5.41) is 8.22. The summed E-state index contributed by atoms with van der Waals surface area (Å²) in [6.45, 7) is 6.94. The number of hydrogen-bond acceptors (Lipinski definition) is 5. The van der Waals surface area contributed by atoms with Crippen molar-refractivity contribution in [2.45, 2.75) is 45.8 Å². The van der Waals surface area contributed by atoms with E-state index in [9.17, 15) is 0 Å². The van der Waals surface area contributed by atoms with Gasteiger partial charge in [0.05, 0.1) is 12.2 Å². The van der Waals surface area contributed by atoms with Gasteiger partial charge in [0.15, 0.2) is 0 Å². The van der Waals surface area contributed by atoms with Crippen molar-refractivity contribution < 1.29 is 4.52 Å². The Morgan fingerprint density at radius 3 is 3.00 bits per heavy atom. The molecule has 2 aromatic heterocycles. The number of likely N-dealkylation sites (tertiary alicyclic amines) is 1. The van der Waals surface area contributed by atoms with E-state index in [0.717, 1.165) is 31.1 Å². The molecule has 0 unspecified atom stereocenters. The van der Waals surface area contributed by atoms with E-state index in [0.29, 0.717) is 6.04 Å². The minimum atomic E-state index is 0.524. The minimum absolute atomic E-state index is 0.524. The summed E-state index contributed by atoms with van der Waals surface area (Å²) < 4.78 is 7.16. The molecule has 6 heteroatoms. The molecule has 0 aliphatic carbocycles. The van der Waals surface area contributed by atoms with Gasteiger partial charge in [0.1, 0.15) is 18.4 Å². The molecule has 0 radical (unpaired) electrons. The molecule has 1 saturated heterocycles. The topological polar surface area (TPSA) is 60.0 Å². The van der Waals surface area contributed by atoms with Crippen molar-refractivity contribution in [3.8, 4) is 0 Å². The number of aryl methyl sites for hydroxylation is 2. The zero-order valence-electron chi connectivity index (χ0n) is 11.4. The fourth-order valence-corrected chi connectivity index (χ4v) is 2.78. The normalized spacial score (nSPS) is 20.2. The Kier molecular flexibility index (Phi) is 3.33. The monoisotopic (exact) mass is 261 g/mol. The lowest BCUT2D eigenvalue weighted by atomic mass is 10.1. The molecule has 6 nitrogen and oxygen atoms in total. The summed E-state index contributed by atoms with van der Waals surface area (Å²) >= 11 is 0. The van der Waals surface area contributed by atoms with E-state index in [4.69, 9.17) is 4.52 Å². The summed E-state index contributed by atoms with van der Waals surface area (Å²) in [7, 11) is 0. The van der Waals surface area contributed by atoms with Gasteiger partial charge in [-0.25, -0.2) is 4.98 Å². The fraction of sp³-hybridized carbons (Fsp3) is 0.615. The molecule has 3 rings (SSSR count). The van der Waals surface area contributed by atoms with Crippen LogP contribution in [0.5, 0.6) is 0 Å². The van der Waals surface area contributed by atoms with E-state index in [1.165, 1.54) is 18.4 Å². The van der Waals surface area contributed by atoms with Crippen LogP contribution < -0.4 is 0 Å². The van der Waals surface area contributed by atoms with Crippen molar-refractivity contribution in [3.05, 3.63) is 29.7 Å². The Morgan fingerprint density at radius 2 is 2.32 bits per heavy atom. The lowest BCUT2D eigenvalue weighted by molar-refractivity contribution is 0.217. The lowest BCUT2D eigenvalue weighted by Crippen LogP contribution is -2.33. The van der Waals surface area contributed by atoms with E-state index in [1.54, 1.807) is 12.7 Å². The molecule has 1 aliphatic rings. The second-order valence-corrected chi connectivity index (χ2v) is 5.19. The van der Waals surface area contributed by atoms with Crippen molar-refractivity contribution in [2.75, 3.05) is 6.54 Å². The van der Waals surface area contributed by atoms with E-state index in [2.05, 4.69) is 20.1 Å². The molecule has 3 heterocycles. The molecular weight excluding hydrogens is 242 g/mol. The van der Waals surface area contributed by atoms with Crippen LogP contribution in [0.1, 0.15) is 29.9 Å². The maximum atomic E-state index is 5.24. The van der Waals surface area contributed by atoms with Crippen LogP contribution in [0.2, 0.25) is 0 Å². The van der Waals surface area contributed by atoms with Crippen LogP contribution in [-0.4, -0.2) is 37.4 Å². The zero-order chi connectivity index (χ0) is 13.2. The van der Waals surface area contributed by atoms with Crippen molar-refractivity contribution in [3.63, 3.8) is 0 Å². The summed E-state index contributed by atoms with van der Waals surface area (Å²) in [4.78, 5) is 6.50. The molecule has 0 spiro atoms. The van der Waals surface area contributed by atoms with Gasteiger partial charge in [-0.2, -0.15) is 5.10 Å². The Balaban J connectivity index is 1.70. The number of rotatable bonds is 4. The predicted molar refractivity (Wildman–Crippen MR) is 69.4 cm³/mol. The van der Waals surface area contributed by atoms with Gasteiger partial charge in [-0.05, 0) is 33.2 Å². The Labute approximate surface area is 112 Å². The molecular formula is C13H19N5O. The van der Waals surface area contributed by atoms with Gasteiger partial charge in [-0.3, -0.25) is 9.58 Å². The Morgan fingerprint density at radius 1 is 1.42 bits per heavy atom. The first-order chi connectivity index (χ1) is 9.24. The number of hydrogen-bond donors (Lipinski definition) is 0. The van der Waals surface area contributed by atoms with Gasteiger partial charge in [0.2, 0.25) is 0 Å². The van der Waals surface area contributed by atoms with Crippen LogP contribution in [0, 0.1) is 13.8 Å². The third kappa shape index (κ3) is 2.53. The third-order valence-electron chi connectivity index (χ3n) is 3.91. The molecule has 1 atom stereocenters. The first-order valence-corrected chi connectivity index (χ1v) is 6.72. The van der Waals surface area contributed by atoms with E-state index in [-0.39, 0.29) is 0 Å². The fourth-order valence-electron chi connectivity index (χ4n) is 2.78. The molecule has 1 fully saturated rings.